The molecule has 0 bridgehead atoms. The molecule has 5 heteroatoms. The fraction of sp³-hybridized carbons (Fsp3) is 0.714. The molecular formula is C14H23ClN2OS. The lowest BCUT2D eigenvalue weighted by atomic mass is 9.99. The second-order valence-corrected chi connectivity index (χ2v) is 6.88. The summed E-state index contributed by atoms with van der Waals surface area (Å²) in [6.45, 7) is 4.24. The van der Waals surface area contributed by atoms with E-state index in [1.807, 2.05) is 6.07 Å². The molecule has 1 aliphatic rings. The fourth-order valence-corrected chi connectivity index (χ4v) is 4.03. The highest BCUT2D eigenvalue weighted by molar-refractivity contribution is 7.16. The smallest absolute Gasteiger partial charge is 0.0931 e. The maximum Gasteiger partial charge on any atom is 0.0931 e. The molecule has 1 aliphatic heterocycles. The zero-order valence-electron chi connectivity index (χ0n) is 11.6. The first-order valence-corrected chi connectivity index (χ1v) is 8.12. The third-order valence-corrected chi connectivity index (χ3v) is 5.27. The van der Waals surface area contributed by atoms with Crippen LogP contribution < -0.4 is 5.73 Å². The quantitative estimate of drug-likeness (QED) is 0.907. The zero-order valence-corrected chi connectivity index (χ0v) is 13.2. The molecule has 0 amide bonds. The van der Waals surface area contributed by atoms with E-state index in [4.69, 9.17) is 22.1 Å². The van der Waals surface area contributed by atoms with Crippen molar-refractivity contribution in [2.24, 2.45) is 5.73 Å². The Morgan fingerprint density at radius 1 is 1.47 bits per heavy atom. The molecule has 0 radical (unpaired) electrons. The number of hydrogen-bond acceptors (Lipinski definition) is 4. The molecule has 108 valence electrons. The van der Waals surface area contributed by atoms with Crippen LogP contribution in [-0.2, 0) is 4.74 Å². The minimum absolute atomic E-state index is 0.161. The van der Waals surface area contributed by atoms with Crippen LogP contribution in [-0.4, -0.2) is 37.2 Å². The number of halogens is 1. The highest BCUT2D eigenvalue weighted by Crippen LogP contribution is 2.34. The van der Waals surface area contributed by atoms with Gasteiger partial charge in [0.2, 0.25) is 0 Å². The molecular weight excluding hydrogens is 280 g/mol. The topological polar surface area (TPSA) is 38.5 Å². The number of piperidine rings is 1. The molecule has 2 heterocycles. The van der Waals surface area contributed by atoms with Crippen molar-refractivity contribution < 1.29 is 4.74 Å². The fourth-order valence-electron chi connectivity index (χ4n) is 2.76. The summed E-state index contributed by atoms with van der Waals surface area (Å²) in [6, 6.07) is 4.54. The SMILES string of the molecule is CCC(N)C(c1ccc(Cl)s1)N1CCC(OC)CC1. The second kappa shape index (κ2) is 7.04. The van der Waals surface area contributed by atoms with E-state index in [2.05, 4.69) is 17.9 Å². The van der Waals surface area contributed by atoms with Gasteiger partial charge in [-0.05, 0) is 31.4 Å². The minimum Gasteiger partial charge on any atom is -0.381 e. The highest BCUT2D eigenvalue weighted by atomic mass is 35.5. The van der Waals surface area contributed by atoms with Crippen LogP contribution in [0.15, 0.2) is 12.1 Å². The Morgan fingerprint density at radius 2 is 2.16 bits per heavy atom. The Hall–Kier alpha value is -0.130. The van der Waals surface area contributed by atoms with Gasteiger partial charge in [0.05, 0.1) is 16.5 Å². The van der Waals surface area contributed by atoms with E-state index in [1.165, 1.54) is 4.88 Å². The molecule has 0 spiro atoms. The number of likely N-dealkylation sites (tertiary alicyclic amines) is 1. The largest absolute Gasteiger partial charge is 0.381 e. The lowest BCUT2D eigenvalue weighted by Gasteiger charge is -2.39. The molecule has 2 atom stereocenters. The van der Waals surface area contributed by atoms with E-state index in [0.29, 0.717) is 12.1 Å². The molecule has 3 nitrogen and oxygen atoms in total. The first-order valence-electron chi connectivity index (χ1n) is 6.93. The summed E-state index contributed by atoms with van der Waals surface area (Å²) in [5, 5.41) is 0. The second-order valence-electron chi connectivity index (χ2n) is 5.13. The van der Waals surface area contributed by atoms with Crippen LogP contribution in [0, 0.1) is 0 Å². The predicted molar refractivity (Wildman–Crippen MR) is 81.9 cm³/mol. The van der Waals surface area contributed by atoms with Crippen LogP contribution >= 0.6 is 22.9 Å². The Labute approximate surface area is 124 Å². The third-order valence-electron chi connectivity index (χ3n) is 3.97. The number of nitrogens with zero attached hydrogens (tertiary/aromatic N) is 1. The van der Waals surface area contributed by atoms with Crippen LogP contribution in [0.3, 0.4) is 0 Å². The lowest BCUT2D eigenvalue weighted by Crippen LogP contribution is -2.45. The number of methoxy groups -OCH3 is 1. The molecule has 2 N–H and O–H groups in total. The summed E-state index contributed by atoms with van der Waals surface area (Å²) < 4.78 is 6.28. The molecule has 1 fully saturated rings. The van der Waals surface area contributed by atoms with Gasteiger partial charge in [-0.15, -0.1) is 11.3 Å². The van der Waals surface area contributed by atoms with E-state index in [9.17, 15) is 0 Å². The van der Waals surface area contributed by atoms with Gasteiger partial charge in [0.1, 0.15) is 0 Å². The van der Waals surface area contributed by atoms with Gasteiger partial charge in [-0.25, -0.2) is 0 Å². The summed E-state index contributed by atoms with van der Waals surface area (Å²) >= 11 is 7.73. The Balaban J connectivity index is 2.10. The van der Waals surface area contributed by atoms with Gasteiger partial charge < -0.3 is 10.5 Å². The summed E-state index contributed by atoms with van der Waals surface area (Å²) in [5.74, 6) is 0. The van der Waals surface area contributed by atoms with Crippen molar-refractivity contribution in [3.63, 3.8) is 0 Å². The lowest BCUT2D eigenvalue weighted by molar-refractivity contribution is 0.0229. The normalized spacial score (nSPS) is 21.5. The van der Waals surface area contributed by atoms with E-state index in [-0.39, 0.29) is 6.04 Å². The maximum absolute atomic E-state index is 6.35. The summed E-state index contributed by atoms with van der Waals surface area (Å²) in [6.07, 6.45) is 3.55. The van der Waals surface area contributed by atoms with Gasteiger partial charge in [0.25, 0.3) is 0 Å². The number of ether oxygens (including phenoxy) is 1. The number of hydrogen-bond donors (Lipinski definition) is 1. The predicted octanol–water partition coefficient (Wildman–Crippen LogP) is 3.29. The van der Waals surface area contributed by atoms with Gasteiger partial charge in [0, 0.05) is 31.1 Å². The molecule has 2 unspecified atom stereocenters. The van der Waals surface area contributed by atoms with Gasteiger partial charge in [0.15, 0.2) is 0 Å². The molecule has 19 heavy (non-hydrogen) atoms. The van der Waals surface area contributed by atoms with Crippen LogP contribution in [0.2, 0.25) is 4.34 Å². The third kappa shape index (κ3) is 3.70. The van der Waals surface area contributed by atoms with Gasteiger partial charge >= 0.3 is 0 Å². The Bertz CT molecular complexity index is 391. The van der Waals surface area contributed by atoms with Crippen molar-refractivity contribution in [1.82, 2.24) is 4.90 Å². The van der Waals surface area contributed by atoms with Crippen molar-refractivity contribution >= 4 is 22.9 Å². The van der Waals surface area contributed by atoms with Crippen LogP contribution in [0.5, 0.6) is 0 Å². The van der Waals surface area contributed by atoms with Gasteiger partial charge in [-0.3, -0.25) is 4.90 Å². The first-order chi connectivity index (χ1) is 9.15. The van der Waals surface area contributed by atoms with Crippen LogP contribution in [0.25, 0.3) is 0 Å². The molecule has 1 aromatic heterocycles. The number of nitrogens with two attached hydrogens (primary N) is 1. The van der Waals surface area contributed by atoms with E-state index < -0.39 is 0 Å². The Kier molecular flexibility index (Phi) is 5.66. The molecule has 1 saturated heterocycles. The van der Waals surface area contributed by atoms with E-state index in [0.717, 1.165) is 36.7 Å². The summed E-state index contributed by atoms with van der Waals surface area (Å²) in [5.41, 5.74) is 6.35. The van der Waals surface area contributed by atoms with E-state index in [1.54, 1.807) is 18.4 Å². The van der Waals surface area contributed by atoms with Crippen molar-refractivity contribution in [3.8, 4) is 0 Å². The van der Waals surface area contributed by atoms with Crippen molar-refractivity contribution in [2.75, 3.05) is 20.2 Å². The average Bonchev–Trinajstić information content (AvgIpc) is 2.86. The summed E-state index contributed by atoms with van der Waals surface area (Å²) in [4.78, 5) is 3.78. The van der Waals surface area contributed by atoms with Gasteiger partial charge in [-0.1, -0.05) is 18.5 Å². The molecule has 0 aromatic carbocycles. The minimum atomic E-state index is 0.161. The van der Waals surface area contributed by atoms with Gasteiger partial charge in [-0.2, -0.15) is 0 Å². The Morgan fingerprint density at radius 3 is 2.63 bits per heavy atom. The van der Waals surface area contributed by atoms with Crippen molar-refractivity contribution in [3.05, 3.63) is 21.3 Å². The summed E-state index contributed by atoms with van der Waals surface area (Å²) in [7, 11) is 1.80. The molecule has 2 rings (SSSR count). The van der Waals surface area contributed by atoms with Crippen LogP contribution in [0.4, 0.5) is 0 Å². The molecule has 0 saturated carbocycles. The zero-order chi connectivity index (χ0) is 13.8. The standard InChI is InChI=1S/C14H23ClN2OS/c1-3-11(16)14(12-4-5-13(15)19-12)17-8-6-10(18-2)7-9-17/h4-5,10-11,14H,3,6-9,16H2,1-2H3. The highest BCUT2D eigenvalue weighted by Gasteiger charge is 2.30. The van der Waals surface area contributed by atoms with Crippen LogP contribution in [0.1, 0.15) is 37.1 Å². The molecule has 0 aliphatic carbocycles. The first kappa shape index (κ1) is 15.3. The maximum atomic E-state index is 6.35. The monoisotopic (exact) mass is 302 g/mol. The van der Waals surface area contributed by atoms with E-state index >= 15 is 0 Å². The molecule has 1 aromatic rings. The number of rotatable bonds is 5. The van der Waals surface area contributed by atoms with Crippen molar-refractivity contribution in [1.29, 1.82) is 0 Å². The van der Waals surface area contributed by atoms with Crippen molar-refractivity contribution in [2.45, 2.75) is 44.4 Å². The average molecular weight is 303 g/mol. The number of thiophene rings is 1.